The number of hydrogen-bond acceptors (Lipinski definition) is 5. The van der Waals surface area contributed by atoms with Crippen molar-refractivity contribution in [2.75, 3.05) is 34.3 Å². The number of aliphatic hydroxyl groups excluding tert-OH is 1. The molecule has 31 heavy (non-hydrogen) atoms. The van der Waals surface area contributed by atoms with Crippen molar-refractivity contribution in [1.82, 2.24) is 9.80 Å². The van der Waals surface area contributed by atoms with E-state index in [9.17, 15) is 14.7 Å². The van der Waals surface area contributed by atoms with Gasteiger partial charge in [0, 0.05) is 13.1 Å². The van der Waals surface area contributed by atoms with Crippen molar-refractivity contribution in [2.45, 2.75) is 25.8 Å². The first-order valence-corrected chi connectivity index (χ1v) is 10.4. The second-order valence-electron chi connectivity index (χ2n) is 8.32. The van der Waals surface area contributed by atoms with Crippen molar-refractivity contribution in [2.24, 2.45) is 0 Å². The average Bonchev–Trinajstić information content (AvgIpc) is 3.01. The highest BCUT2D eigenvalue weighted by atomic mass is 16.5. The van der Waals surface area contributed by atoms with Gasteiger partial charge >= 0.3 is 0 Å². The van der Waals surface area contributed by atoms with E-state index in [1.165, 1.54) is 12.7 Å². The zero-order chi connectivity index (χ0) is 22.7. The van der Waals surface area contributed by atoms with E-state index < -0.39 is 17.7 Å². The van der Waals surface area contributed by atoms with Gasteiger partial charge in [-0.25, -0.2) is 0 Å². The highest BCUT2D eigenvalue weighted by molar-refractivity contribution is 6.46. The Balaban J connectivity index is 2.16. The van der Waals surface area contributed by atoms with Crippen LogP contribution in [0.15, 0.2) is 54.1 Å². The lowest BCUT2D eigenvalue weighted by Gasteiger charge is -2.27. The maximum atomic E-state index is 13.1. The lowest BCUT2D eigenvalue weighted by atomic mass is 9.93. The third kappa shape index (κ3) is 4.49. The fourth-order valence-electron chi connectivity index (χ4n) is 3.81. The van der Waals surface area contributed by atoms with Gasteiger partial charge in [-0.2, -0.15) is 0 Å². The standard InChI is InChI=1S/C25H30N2O4/c1-16(2)17-10-12-18(13-11-17)22-21(23(28)19-8-6-7-9-20(19)31-5)24(29)25(30)27(22)15-14-26(3)4/h6-13,16,22,28H,14-15H2,1-5H3/b23-21+. The molecule has 2 aromatic carbocycles. The van der Waals surface area contributed by atoms with Gasteiger partial charge in [0.1, 0.15) is 11.5 Å². The molecule has 3 rings (SSSR count). The monoisotopic (exact) mass is 422 g/mol. The number of rotatable bonds is 7. The van der Waals surface area contributed by atoms with Crippen molar-refractivity contribution in [3.8, 4) is 5.75 Å². The van der Waals surface area contributed by atoms with Gasteiger partial charge in [0.05, 0.1) is 24.3 Å². The van der Waals surface area contributed by atoms with E-state index in [0.29, 0.717) is 30.3 Å². The van der Waals surface area contributed by atoms with Gasteiger partial charge < -0.3 is 19.6 Å². The Bertz CT molecular complexity index is 993. The zero-order valence-corrected chi connectivity index (χ0v) is 18.8. The van der Waals surface area contributed by atoms with Gasteiger partial charge in [-0.3, -0.25) is 9.59 Å². The number of benzene rings is 2. The molecular weight excluding hydrogens is 392 g/mol. The Morgan fingerprint density at radius 2 is 1.74 bits per heavy atom. The van der Waals surface area contributed by atoms with Crippen LogP contribution >= 0.6 is 0 Å². The van der Waals surface area contributed by atoms with Crippen LogP contribution in [0, 0.1) is 0 Å². The third-order valence-corrected chi connectivity index (χ3v) is 5.61. The van der Waals surface area contributed by atoms with Crippen LogP contribution in [0.5, 0.6) is 5.75 Å². The number of Topliss-reactive ketones (excluding diaryl/α,β-unsaturated/α-hetero) is 1. The van der Waals surface area contributed by atoms with Gasteiger partial charge in [0.15, 0.2) is 0 Å². The molecule has 1 aliphatic rings. The SMILES string of the molecule is COc1ccccc1/C(O)=C1\C(=O)C(=O)N(CCN(C)C)C1c1ccc(C(C)C)cc1. The number of likely N-dealkylation sites (tertiary alicyclic amines) is 1. The first-order valence-electron chi connectivity index (χ1n) is 10.4. The first kappa shape index (κ1) is 22.6. The van der Waals surface area contributed by atoms with Crippen molar-refractivity contribution >= 4 is 17.4 Å². The molecular formula is C25H30N2O4. The molecule has 1 amide bonds. The summed E-state index contributed by atoms with van der Waals surface area (Å²) in [6.07, 6.45) is 0. The Morgan fingerprint density at radius 3 is 2.32 bits per heavy atom. The molecule has 1 saturated heterocycles. The number of aliphatic hydroxyl groups is 1. The van der Waals surface area contributed by atoms with E-state index >= 15 is 0 Å². The minimum absolute atomic E-state index is 0.0885. The summed E-state index contributed by atoms with van der Waals surface area (Å²) in [6, 6.07) is 14.2. The summed E-state index contributed by atoms with van der Waals surface area (Å²) in [5, 5.41) is 11.2. The Kier molecular flexibility index (Phi) is 6.81. The van der Waals surface area contributed by atoms with Crippen LogP contribution in [0.1, 0.15) is 42.5 Å². The molecule has 164 valence electrons. The summed E-state index contributed by atoms with van der Waals surface area (Å²) in [4.78, 5) is 29.5. The maximum absolute atomic E-state index is 13.1. The number of ether oxygens (including phenoxy) is 1. The molecule has 0 saturated carbocycles. The topological polar surface area (TPSA) is 70.1 Å². The molecule has 1 unspecified atom stereocenters. The van der Waals surface area contributed by atoms with Gasteiger partial charge in [-0.1, -0.05) is 50.2 Å². The van der Waals surface area contributed by atoms with E-state index in [4.69, 9.17) is 4.74 Å². The molecule has 1 fully saturated rings. The molecule has 1 atom stereocenters. The molecule has 2 aromatic rings. The zero-order valence-electron chi connectivity index (χ0n) is 18.8. The minimum Gasteiger partial charge on any atom is -0.507 e. The number of carbonyl (C=O) groups is 2. The van der Waals surface area contributed by atoms with Crippen LogP contribution in [0.4, 0.5) is 0 Å². The lowest BCUT2D eigenvalue weighted by molar-refractivity contribution is -0.140. The molecule has 0 aliphatic carbocycles. The number of hydrogen-bond donors (Lipinski definition) is 1. The predicted octanol–water partition coefficient (Wildman–Crippen LogP) is 3.80. The van der Waals surface area contributed by atoms with Crippen LogP contribution < -0.4 is 4.74 Å². The highest BCUT2D eigenvalue weighted by Gasteiger charge is 2.46. The van der Waals surface area contributed by atoms with E-state index in [0.717, 1.165) is 5.56 Å². The van der Waals surface area contributed by atoms with Crippen molar-refractivity contribution in [3.05, 3.63) is 70.8 Å². The predicted molar refractivity (Wildman–Crippen MR) is 121 cm³/mol. The molecule has 0 bridgehead atoms. The van der Waals surface area contributed by atoms with Crippen molar-refractivity contribution < 1.29 is 19.4 Å². The second-order valence-corrected chi connectivity index (χ2v) is 8.32. The van der Waals surface area contributed by atoms with Crippen molar-refractivity contribution in [1.29, 1.82) is 0 Å². The average molecular weight is 423 g/mol. The smallest absolute Gasteiger partial charge is 0.295 e. The number of likely N-dealkylation sites (N-methyl/N-ethyl adjacent to an activating group) is 1. The molecule has 1 aliphatic heterocycles. The van der Waals surface area contributed by atoms with E-state index in [-0.39, 0.29) is 11.3 Å². The number of amides is 1. The molecule has 6 nitrogen and oxygen atoms in total. The van der Waals surface area contributed by atoms with Crippen LogP contribution in [0.25, 0.3) is 5.76 Å². The molecule has 0 spiro atoms. The number of para-hydroxylation sites is 1. The molecule has 1 heterocycles. The lowest BCUT2D eigenvalue weighted by Crippen LogP contribution is -2.35. The number of carbonyl (C=O) groups excluding carboxylic acids is 2. The van der Waals surface area contributed by atoms with Gasteiger partial charge in [0.2, 0.25) is 0 Å². The Labute approximate surface area is 183 Å². The Morgan fingerprint density at radius 1 is 1.10 bits per heavy atom. The fourth-order valence-corrected chi connectivity index (χ4v) is 3.81. The summed E-state index contributed by atoms with van der Waals surface area (Å²) in [7, 11) is 5.33. The van der Waals surface area contributed by atoms with Gasteiger partial charge in [-0.15, -0.1) is 0 Å². The van der Waals surface area contributed by atoms with Gasteiger partial charge in [-0.05, 0) is 43.3 Å². The van der Waals surface area contributed by atoms with E-state index in [1.54, 1.807) is 29.2 Å². The molecule has 1 N–H and O–H groups in total. The summed E-state index contributed by atoms with van der Waals surface area (Å²) in [6.45, 7) is 5.19. The summed E-state index contributed by atoms with van der Waals surface area (Å²) in [5.74, 6) is -0.700. The minimum atomic E-state index is -0.680. The first-order chi connectivity index (χ1) is 14.8. The number of ketones is 1. The largest absolute Gasteiger partial charge is 0.507 e. The van der Waals surface area contributed by atoms with Gasteiger partial charge in [0.25, 0.3) is 11.7 Å². The van der Waals surface area contributed by atoms with E-state index in [2.05, 4.69) is 13.8 Å². The van der Waals surface area contributed by atoms with Crippen LogP contribution in [0.2, 0.25) is 0 Å². The molecule has 0 aromatic heterocycles. The maximum Gasteiger partial charge on any atom is 0.295 e. The number of methoxy groups -OCH3 is 1. The fraction of sp³-hybridized carbons (Fsp3) is 0.360. The number of nitrogens with zero attached hydrogens (tertiary/aromatic N) is 2. The highest BCUT2D eigenvalue weighted by Crippen LogP contribution is 2.41. The molecule has 6 heteroatoms. The van der Waals surface area contributed by atoms with Crippen molar-refractivity contribution in [3.63, 3.8) is 0 Å². The van der Waals surface area contributed by atoms with Crippen LogP contribution in [-0.2, 0) is 9.59 Å². The van der Waals surface area contributed by atoms with E-state index in [1.807, 2.05) is 43.3 Å². The molecule has 0 radical (unpaired) electrons. The second kappa shape index (κ2) is 9.35. The normalized spacial score (nSPS) is 18.3. The Hall–Kier alpha value is -3.12. The quantitative estimate of drug-likeness (QED) is 0.418. The third-order valence-electron chi connectivity index (χ3n) is 5.61. The summed E-state index contributed by atoms with van der Waals surface area (Å²) < 4.78 is 5.37. The summed E-state index contributed by atoms with van der Waals surface area (Å²) >= 11 is 0. The van der Waals surface area contributed by atoms with Crippen LogP contribution in [-0.4, -0.2) is 60.9 Å². The van der Waals surface area contributed by atoms with Crippen LogP contribution in [0.3, 0.4) is 0 Å². The summed E-state index contributed by atoms with van der Waals surface area (Å²) in [5.41, 5.74) is 2.43.